The molecule has 126 valence electrons. The summed E-state index contributed by atoms with van der Waals surface area (Å²) in [7, 11) is 0. The number of nitrogens with zero attached hydrogens (tertiary/aromatic N) is 1. The zero-order valence-electron chi connectivity index (χ0n) is 14.1. The first-order chi connectivity index (χ1) is 10.9. The van der Waals surface area contributed by atoms with E-state index in [-0.39, 0.29) is 23.9 Å². The van der Waals surface area contributed by atoms with Crippen molar-refractivity contribution in [2.75, 3.05) is 0 Å². The molecule has 2 aromatic rings. The normalized spacial score (nSPS) is 14.7. The Morgan fingerprint density at radius 1 is 1.08 bits per heavy atom. The molecule has 0 unspecified atom stereocenters. The van der Waals surface area contributed by atoms with E-state index in [1.165, 1.54) is 5.56 Å². The molecule has 0 spiro atoms. The number of rotatable bonds is 1. The van der Waals surface area contributed by atoms with Crippen LogP contribution in [0.1, 0.15) is 40.9 Å². The molecule has 0 aromatic heterocycles. The first-order valence-electron chi connectivity index (χ1n) is 7.76. The quantitative estimate of drug-likeness (QED) is 0.718. The average molecular weight is 343 g/mol. The molecule has 0 aliphatic carbocycles. The summed E-state index contributed by atoms with van der Waals surface area (Å²) in [4.78, 5) is 17.0. The monoisotopic (exact) mass is 342 g/mol. The molecular weight excluding hydrogens is 322 g/mol. The fourth-order valence-electron chi connectivity index (χ4n) is 2.76. The number of aryl methyl sites for hydroxylation is 1. The van der Waals surface area contributed by atoms with E-state index < -0.39 is 0 Å². The molecule has 0 fully saturated rings. The van der Waals surface area contributed by atoms with Crippen molar-refractivity contribution in [3.63, 3.8) is 0 Å². The lowest BCUT2D eigenvalue weighted by molar-refractivity contribution is -0.0000135. The first-order valence-corrected chi connectivity index (χ1v) is 7.76. The number of amidine groups is 1. The number of halogens is 1. The van der Waals surface area contributed by atoms with Crippen LogP contribution in [0.25, 0.3) is 0 Å². The van der Waals surface area contributed by atoms with Crippen LogP contribution in [0.4, 0.5) is 0 Å². The summed E-state index contributed by atoms with van der Waals surface area (Å²) in [6.07, 6.45) is 0.889. The molecule has 24 heavy (non-hydrogen) atoms. The van der Waals surface area contributed by atoms with Gasteiger partial charge in [-0.3, -0.25) is 20.6 Å². The van der Waals surface area contributed by atoms with E-state index in [0.717, 1.165) is 17.5 Å². The average Bonchev–Trinajstić information content (AvgIpc) is 2.52. The van der Waals surface area contributed by atoms with E-state index in [1.807, 2.05) is 49.4 Å². The predicted molar refractivity (Wildman–Crippen MR) is 92.5 cm³/mol. The van der Waals surface area contributed by atoms with Gasteiger partial charge in [0.15, 0.2) is 0 Å². The summed E-state index contributed by atoms with van der Waals surface area (Å²) in [6, 6.07) is 15.6. The van der Waals surface area contributed by atoms with Crippen LogP contribution in [-0.4, -0.2) is 17.3 Å². The third-order valence-electron chi connectivity index (χ3n) is 3.92. The Labute approximate surface area is 148 Å². The fourth-order valence-corrected chi connectivity index (χ4v) is 2.76. The van der Waals surface area contributed by atoms with Gasteiger partial charge in [0.05, 0.1) is 5.54 Å². The van der Waals surface area contributed by atoms with E-state index in [9.17, 15) is 4.79 Å². The maximum Gasteiger partial charge on any atom is 0.269 e. The SMILES string of the molecule is Cc1ccc(C(=O)NNC2=NC(C)(C)Cc3ccccc32)cc1.[Cl-]. The Kier molecular flexibility index (Phi) is 5.30. The molecule has 0 atom stereocenters. The van der Waals surface area contributed by atoms with E-state index >= 15 is 0 Å². The largest absolute Gasteiger partial charge is 1.00 e. The van der Waals surface area contributed by atoms with Gasteiger partial charge in [-0.2, -0.15) is 0 Å². The lowest BCUT2D eigenvalue weighted by Crippen LogP contribution is -3.00. The number of nitrogens with one attached hydrogen (secondary N) is 2. The molecule has 3 rings (SSSR count). The molecular formula is C19H21ClN3O-. The molecule has 1 heterocycles. The van der Waals surface area contributed by atoms with E-state index in [4.69, 9.17) is 4.99 Å². The minimum absolute atomic E-state index is 0. The van der Waals surface area contributed by atoms with Gasteiger partial charge in [0.2, 0.25) is 0 Å². The van der Waals surface area contributed by atoms with Gasteiger partial charge < -0.3 is 12.4 Å². The second-order valence-electron chi connectivity index (χ2n) is 6.55. The predicted octanol–water partition coefficient (Wildman–Crippen LogP) is 0.0149. The third-order valence-corrected chi connectivity index (χ3v) is 3.92. The molecule has 1 amide bonds. The van der Waals surface area contributed by atoms with Gasteiger partial charge in [-0.15, -0.1) is 0 Å². The molecule has 0 saturated heterocycles. The Bertz CT molecular complexity index is 766. The molecule has 1 aliphatic rings. The maximum atomic E-state index is 12.2. The van der Waals surface area contributed by atoms with Gasteiger partial charge in [0, 0.05) is 11.1 Å². The summed E-state index contributed by atoms with van der Waals surface area (Å²) in [5.41, 5.74) is 9.57. The van der Waals surface area contributed by atoms with Gasteiger partial charge in [0.1, 0.15) is 5.84 Å². The highest BCUT2D eigenvalue weighted by Gasteiger charge is 2.26. The summed E-state index contributed by atoms with van der Waals surface area (Å²) >= 11 is 0. The highest BCUT2D eigenvalue weighted by Crippen LogP contribution is 2.25. The van der Waals surface area contributed by atoms with Crippen LogP contribution in [0, 0.1) is 6.92 Å². The Morgan fingerprint density at radius 3 is 2.46 bits per heavy atom. The van der Waals surface area contributed by atoms with Gasteiger partial charge in [0.25, 0.3) is 5.91 Å². The Morgan fingerprint density at radius 2 is 1.75 bits per heavy atom. The maximum absolute atomic E-state index is 12.2. The number of carbonyl (C=O) groups is 1. The molecule has 5 heteroatoms. The van der Waals surface area contributed by atoms with Crippen molar-refractivity contribution < 1.29 is 17.2 Å². The number of hydrogen-bond donors (Lipinski definition) is 2. The molecule has 0 saturated carbocycles. The van der Waals surface area contributed by atoms with Crippen molar-refractivity contribution >= 4 is 11.7 Å². The minimum Gasteiger partial charge on any atom is -1.00 e. The topological polar surface area (TPSA) is 53.5 Å². The van der Waals surface area contributed by atoms with Crippen molar-refractivity contribution in [1.29, 1.82) is 0 Å². The van der Waals surface area contributed by atoms with E-state index in [2.05, 4.69) is 30.8 Å². The second kappa shape index (κ2) is 7.05. The first kappa shape index (κ1) is 18.0. The van der Waals surface area contributed by atoms with Gasteiger partial charge in [-0.05, 0) is 44.9 Å². The van der Waals surface area contributed by atoms with E-state index in [1.54, 1.807) is 0 Å². The van der Waals surface area contributed by atoms with Crippen LogP contribution in [-0.2, 0) is 6.42 Å². The molecule has 2 aromatic carbocycles. The van der Waals surface area contributed by atoms with Gasteiger partial charge in [-0.25, -0.2) is 0 Å². The van der Waals surface area contributed by atoms with Gasteiger partial charge >= 0.3 is 0 Å². The van der Waals surface area contributed by atoms with Crippen molar-refractivity contribution in [2.24, 2.45) is 4.99 Å². The zero-order valence-corrected chi connectivity index (χ0v) is 14.8. The Hall–Kier alpha value is -2.33. The summed E-state index contributed by atoms with van der Waals surface area (Å²) in [5, 5.41) is 0. The van der Waals surface area contributed by atoms with Gasteiger partial charge in [-0.1, -0.05) is 42.0 Å². The van der Waals surface area contributed by atoms with E-state index in [0.29, 0.717) is 11.4 Å². The highest BCUT2D eigenvalue weighted by atomic mass is 35.5. The smallest absolute Gasteiger partial charge is 0.269 e. The summed E-state index contributed by atoms with van der Waals surface area (Å²) < 4.78 is 0. The van der Waals surface area contributed by atoms with Crippen molar-refractivity contribution in [3.8, 4) is 0 Å². The number of fused-ring (bicyclic) bond motifs is 1. The number of hydrazine groups is 1. The van der Waals surface area contributed by atoms with Crippen LogP contribution in [0.5, 0.6) is 0 Å². The fraction of sp³-hybridized carbons (Fsp3) is 0.263. The molecule has 0 bridgehead atoms. The van der Waals surface area contributed by atoms with Crippen LogP contribution in [0.3, 0.4) is 0 Å². The third kappa shape index (κ3) is 3.95. The standard InChI is InChI=1S/C19H21N3O.ClH/c1-13-8-10-14(11-9-13)18(23)22-21-17-16-7-5-4-6-15(16)12-19(2,3)20-17;/h4-11H,12H2,1-3H3,(H,20,21)(H,22,23);1H/p-1. The number of hydrogen-bond acceptors (Lipinski definition) is 3. The lowest BCUT2D eigenvalue weighted by Gasteiger charge is -2.29. The van der Waals surface area contributed by atoms with Crippen molar-refractivity contribution in [2.45, 2.75) is 32.7 Å². The number of carbonyl (C=O) groups excluding carboxylic acids is 1. The van der Waals surface area contributed by atoms with Crippen LogP contribution < -0.4 is 23.3 Å². The van der Waals surface area contributed by atoms with Crippen LogP contribution in [0.15, 0.2) is 53.5 Å². The minimum atomic E-state index is -0.189. The van der Waals surface area contributed by atoms with Crippen LogP contribution in [0.2, 0.25) is 0 Å². The van der Waals surface area contributed by atoms with Crippen LogP contribution >= 0.6 is 0 Å². The highest BCUT2D eigenvalue weighted by molar-refractivity contribution is 6.03. The molecule has 1 aliphatic heterocycles. The van der Waals surface area contributed by atoms with Crippen molar-refractivity contribution in [3.05, 3.63) is 70.8 Å². The number of benzene rings is 2. The van der Waals surface area contributed by atoms with Crippen molar-refractivity contribution in [1.82, 2.24) is 10.9 Å². The summed E-state index contributed by atoms with van der Waals surface area (Å²) in [5.74, 6) is 0.533. The molecule has 4 nitrogen and oxygen atoms in total. The molecule has 2 N–H and O–H groups in total. The second-order valence-corrected chi connectivity index (χ2v) is 6.55. The lowest BCUT2D eigenvalue weighted by atomic mass is 9.89. The number of amides is 1. The molecule has 0 radical (unpaired) electrons. The summed E-state index contributed by atoms with van der Waals surface area (Å²) in [6.45, 7) is 6.18. The Balaban J connectivity index is 0.00000208. The number of aliphatic imine (C=N–C) groups is 1. The zero-order chi connectivity index (χ0) is 16.4.